The first-order valence-corrected chi connectivity index (χ1v) is 8.16. The highest BCUT2D eigenvalue weighted by atomic mass is 127. The number of benzene rings is 2. The van der Waals surface area contributed by atoms with Crippen LogP contribution in [0, 0.1) is 0 Å². The Morgan fingerprint density at radius 2 is 0.950 bits per heavy atom. The summed E-state index contributed by atoms with van der Waals surface area (Å²) in [6, 6.07) is 17.9. The van der Waals surface area contributed by atoms with E-state index < -0.39 is 0 Å². The zero-order chi connectivity index (χ0) is 15.0. The van der Waals surface area contributed by atoms with Crippen LogP contribution < -0.4 is 0 Å². The van der Waals surface area contributed by atoms with E-state index in [1.807, 2.05) is 0 Å². The molecule has 0 amide bonds. The van der Waals surface area contributed by atoms with E-state index in [4.69, 9.17) is 0 Å². The highest BCUT2D eigenvalue weighted by Crippen LogP contribution is 2.32. The molecule has 2 aromatic rings. The van der Waals surface area contributed by atoms with E-state index in [0.29, 0.717) is 0 Å². The van der Waals surface area contributed by atoms with E-state index in [2.05, 4.69) is 106 Å². The number of halogens is 1. The average Bonchev–Trinajstić information content (AvgIpc) is 2.37. The summed E-state index contributed by atoms with van der Waals surface area (Å²) < 4.78 is 0.187. The van der Waals surface area contributed by atoms with Crippen molar-refractivity contribution in [3.63, 3.8) is 0 Å². The Bertz CT molecular complexity index is 508. The fraction of sp³-hybridized carbons (Fsp3) is 0.368. The average molecular weight is 378 g/mol. The maximum Gasteiger partial charge on any atom is 0.0414 e. The van der Waals surface area contributed by atoms with Gasteiger partial charge in [-0.25, -0.2) is 0 Å². The molecule has 0 aromatic heterocycles. The minimum absolute atomic E-state index is 0.187. The van der Waals surface area contributed by atoms with Crippen molar-refractivity contribution < 1.29 is 0 Å². The van der Waals surface area contributed by atoms with Gasteiger partial charge in [-0.1, -0.05) is 91.9 Å². The summed E-state index contributed by atoms with van der Waals surface area (Å²) in [5.41, 5.74) is 5.54. The maximum absolute atomic E-state index is 2.48. The van der Waals surface area contributed by atoms with E-state index in [1.54, 1.807) is 0 Å². The zero-order valence-corrected chi connectivity index (χ0v) is 15.2. The quantitative estimate of drug-likeness (QED) is 0.424. The van der Waals surface area contributed by atoms with Gasteiger partial charge in [0.2, 0.25) is 0 Å². The van der Waals surface area contributed by atoms with Crippen LogP contribution in [0.15, 0.2) is 48.5 Å². The van der Waals surface area contributed by atoms with Crippen LogP contribution in [0.2, 0.25) is 0 Å². The smallest absolute Gasteiger partial charge is 0.0414 e. The first-order valence-electron chi connectivity index (χ1n) is 7.08. The molecule has 20 heavy (non-hydrogen) atoms. The van der Waals surface area contributed by atoms with Crippen molar-refractivity contribution in [2.75, 3.05) is 0 Å². The van der Waals surface area contributed by atoms with Crippen LogP contribution in [-0.2, 0) is 8.84 Å². The van der Waals surface area contributed by atoms with E-state index in [9.17, 15) is 0 Å². The minimum Gasteiger partial charge on any atom is -0.0743 e. The number of hydrogen-bond acceptors (Lipinski definition) is 0. The summed E-state index contributed by atoms with van der Waals surface area (Å²) >= 11 is 2.48. The molecule has 0 N–H and O–H groups in total. The molecule has 0 bridgehead atoms. The molecule has 0 fully saturated rings. The molecule has 0 aliphatic carbocycles. The van der Waals surface area contributed by atoms with Crippen LogP contribution in [0.4, 0.5) is 0 Å². The van der Waals surface area contributed by atoms with Gasteiger partial charge >= 0.3 is 0 Å². The summed E-state index contributed by atoms with van der Waals surface area (Å²) in [6.45, 7) is 11.2. The molecule has 0 nitrogen and oxygen atoms in total. The summed E-state index contributed by atoms with van der Waals surface area (Å²) in [4.78, 5) is 0. The van der Waals surface area contributed by atoms with Crippen molar-refractivity contribution in [3.05, 3.63) is 59.7 Å². The van der Waals surface area contributed by atoms with Gasteiger partial charge in [0, 0.05) is 3.42 Å². The first kappa shape index (κ1) is 15.6. The van der Waals surface area contributed by atoms with E-state index in [0.717, 1.165) is 0 Å². The number of alkyl halides is 1. The molecule has 0 radical (unpaired) electrons. The molecule has 1 heteroatoms. The SMILES string of the molecule is CC(C)(C)c1ccc(-c2ccc(C(C)(C)I)cc2)cc1. The second kappa shape index (κ2) is 5.51. The van der Waals surface area contributed by atoms with Crippen molar-refractivity contribution in [3.8, 4) is 11.1 Å². The largest absolute Gasteiger partial charge is 0.0743 e. The lowest BCUT2D eigenvalue weighted by molar-refractivity contribution is 0.590. The van der Waals surface area contributed by atoms with Gasteiger partial charge in [-0.3, -0.25) is 0 Å². The predicted octanol–water partition coefficient (Wildman–Crippen LogP) is 6.32. The predicted molar refractivity (Wildman–Crippen MR) is 97.6 cm³/mol. The molecule has 0 aliphatic rings. The molecular formula is C19H23I. The monoisotopic (exact) mass is 378 g/mol. The van der Waals surface area contributed by atoms with Crippen LogP contribution in [0.5, 0.6) is 0 Å². The fourth-order valence-corrected chi connectivity index (χ4v) is 2.58. The summed E-state index contributed by atoms with van der Waals surface area (Å²) in [5.74, 6) is 0. The highest BCUT2D eigenvalue weighted by molar-refractivity contribution is 14.1. The van der Waals surface area contributed by atoms with Gasteiger partial charge in [0.15, 0.2) is 0 Å². The van der Waals surface area contributed by atoms with Crippen molar-refractivity contribution in [2.45, 2.75) is 43.5 Å². The van der Waals surface area contributed by atoms with Crippen LogP contribution in [0.1, 0.15) is 45.7 Å². The Morgan fingerprint density at radius 1 is 0.600 bits per heavy atom. The Labute approximate surface area is 136 Å². The maximum atomic E-state index is 2.48. The fourth-order valence-electron chi connectivity index (χ4n) is 2.22. The molecule has 0 spiro atoms. The van der Waals surface area contributed by atoms with E-state index in [-0.39, 0.29) is 8.84 Å². The van der Waals surface area contributed by atoms with Crippen LogP contribution in [0.3, 0.4) is 0 Å². The lowest BCUT2D eigenvalue weighted by Crippen LogP contribution is -2.10. The summed E-state index contributed by atoms with van der Waals surface area (Å²) in [6.07, 6.45) is 0. The van der Waals surface area contributed by atoms with Gasteiger partial charge in [0.1, 0.15) is 0 Å². The Balaban J connectivity index is 2.29. The standard InChI is InChI=1S/C19H23I/c1-18(2,3)16-10-6-14(7-11-16)15-8-12-17(13-9-15)19(4,5)20/h6-13H,1-5H3. The first-order chi connectivity index (χ1) is 9.18. The number of hydrogen-bond donors (Lipinski definition) is 0. The molecule has 0 atom stereocenters. The molecule has 2 aromatic carbocycles. The van der Waals surface area contributed by atoms with Crippen LogP contribution in [-0.4, -0.2) is 0 Å². The third-order valence-electron chi connectivity index (χ3n) is 3.66. The molecule has 106 valence electrons. The molecule has 0 unspecified atom stereocenters. The second-order valence-electron chi connectivity index (χ2n) is 6.88. The van der Waals surface area contributed by atoms with Crippen molar-refractivity contribution in [1.29, 1.82) is 0 Å². The zero-order valence-electron chi connectivity index (χ0n) is 13.0. The van der Waals surface area contributed by atoms with Crippen molar-refractivity contribution in [1.82, 2.24) is 0 Å². The minimum atomic E-state index is 0.187. The molecule has 2 rings (SSSR count). The van der Waals surface area contributed by atoms with Crippen LogP contribution in [0.25, 0.3) is 11.1 Å². The van der Waals surface area contributed by atoms with Gasteiger partial charge in [-0.15, -0.1) is 0 Å². The van der Waals surface area contributed by atoms with E-state index >= 15 is 0 Å². The third kappa shape index (κ3) is 3.63. The van der Waals surface area contributed by atoms with Gasteiger partial charge in [0.25, 0.3) is 0 Å². The van der Waals surface area contributed by atoms with E-state index in [1.165, 1.54) is 22.3 Å². The van der Waals surface area contributed by atoms with Gasteiger partial charge in [-0.05, 0) is 41.5 Å². The molecule has 0 heterocycles. The van der Waals surface area contributed by atoms with Crippen molar-refractivity contribution >= 4 is 22.6 Å². The lowest BCUT2D eigenvalue weighted by Gasteiger charge is -2.19. The molecule has 0 saturated carbocycles. The summed E-state index contributed by atoms with van der Waals surface area (Å²) in [7, 11) is 0. The third-order valence-corrected chi connectivity index (χ3v) is 4.28. The van der Waals surface area contributed by atoms with Crippen LogP contribution >= 0.6 is 22.6 Å². The number of rotatable bonds is 2. The van der Waals surface area contributed by atoms with Gasteiger partial charge < -0.3 is 0 Å². The Kier molecular flexibility index (Phi) is 4.29. The van der Waals surface area contributed by atoms with Crippen molar-refractivity contribution in [2.24, 2.45) is 0 Å². The Hall–Kier alpha value is -0.830. The van der Waals surface area contributed by atoms with Gasteiger partial charge in [0.05, 0.1) is 0 Å². The van der Waals surface area contributed by atoms with Gasteiger partial charge in [-0.2, -0.15) is 0 Å². The molecular weight excluding hydrogens is 355 g/mol. The second-order valence-corrected chi connectivity index (χ2v) is 9.57. The molecule has 0 aliphatic heterocycles. The Morgan fingerprint density at radius 3 is 1.25 bits per heavy atom. The molecule has 0 saturated heterocycles. The topological polar surface area (TPSA) is 0 Å². The summed E-state index contributed by atoms with van der Waals surface area (Å²) in [5, 5.41) is 0. The lowest BCUT2D eigenvalue weighted by atomic mass is 9.86. The normalized spacial score (nSPS) is 12.5. The highest BCUT2D eigenvalue weighted by Gasteiger charge is 2.16.